The topological polar surface area (TPSA) is 33.7 Å². The van der Waals surface area contributed by atoms with Crippen LogP contribution in [0, 0.1) is 6.92 Å². The van der Waals surface area contributed by atoms with Crippen LogP contribution in [0.2, 0.25) is 0 Å². The van der Waals surface area contributed by atoms with E-state index in [1.165, 1.54) is 11.1 Å². The summed E-state index contributed by atoms with van der Waals surface area (Å²) in [4.78, 5) is 2.51. The number of ether oxygens (including phenoxy) is 2. The molecule has 0 aromatic heterocycles. The summed E-state index contributed by atoms with van der Waals surface area (Å²) in [6.07, 6.45) is 1.04. The third-order valence-electron chi connectivity index (χ3n) is 3.77. The molecule has 0 radical (unpaired) electrons. The monoisotopic (exact) mass is 262 g/mol. The van der Waals surface area contributed by atoms with Crippen LogP contribution in [0.5, 0.6) is 11.5 Å². The first-order valence-electron chi connectivity index (χ1n) is 7.15. The van der Waals surface area contributed by atoms with Crippen LogP contribution in [0.25, 0.3) is 0 Å². The third-order valence-corrected chi connectivity index (χ3v) is 3.77. The summed E-state index contributed by atoms with van der Waals surface area (Å²) in [5, 5.41) is 3.39. The highest BCUT2D eigenvalue weighted by Gasteiger charge is 2.18. The fraction of sp³-hybridized carbons (Fsp3) is 0.600. The maximum Gasteiger partial charge on any atom is 0.164 e. The lowest BCUT2D eigenvalue weighted by molar-refractivity contribution is 0.169. The number of nitrogens with zero attached hydrogens (tertiary/aromatic N) is 1. The molecule has 0 saturated carbocycles. The van der Waals surface area contributed by atoms with Gasteiger partial charge in [0.25, 0.3) is 0 Å². The molecular formula is C15H22N2O2. The molecule has 19 heavy (non-hydrogen) atoms. The molecule has 1 aromatic carbocycles. The number of fused-ring (bicyclic) bond motifs is 1. The van der Waals surface area contributed by atoms with Crippen molar-refractivity contribution in [3.05, 3.63) is 23.3 Å². The second kappa shape index (κ2) is 5.80. The Morgan fingerprint density at radius 3 is 2.79 bits per heavy atom. The van der Waals surface area contributed by atoms with Crippen LogP contribution < -0.4 is 14.8 Å². The molecule has 2 aliphatic rings. The van der Waals surface area contributed by atoms with E-state index in [1.54, 1.807) is 0 Å². The van der Waals surface area contributed by atoms with Gasteiger partial charge in [0.15, 0.2) is 11.5 Å². The zero-order chi connectivity index (χ0) is 13.1. The summed E-state index contributed by atoms with van der Waals surface area (Å²) in [7, 11) is 0. The molecule has 1 aromatic rings. The number of rotatable bonds is 3. The van der Waals surface area contributed by atoms with Gasteiger partial charge in [-0.15, -0.1) is 0 Å². The number of piperazine rings is 1. The Balaban J connectivity index is 1.70. The SMILES string of the molecule is Cc1cc(CCN2CCNCC2)c2c(c1)OCCO2. The van der Waals surface area contributed by atoms with Gasteiger partial charge in [0, 0.05) is 32.7 Å². The standard InChI is InChI=1S/C15H22N2O2/c1-12-10-13(2-5-17-6-3-16-4-7-17)15-14(11-12)18-8-9-19-15/h10-11,16H,2-9H2,1H3. The quantitative estimate of drug-likeness (QED) is 0.888. The van der Waals surface area contributed by atoms with Gasteiger partial charge in [-0.1, -0.05) is 6.07 Å². The fourth-order valence-corrected chi connectivity index (χ4v) is 2.78. The second-order valence-corrected chi connectivity index (χ2v) is 5.29. The van der Waals surface area contributed by atoms with Crippen molar-refractivity contribution in [2.45, 2.75) is 13.3 Å². The largest absolute Gasteiger partial charge is 0.486 e. The van der Waals surface area contributed by atoms with E-state index in [1.807, 2.05) is 0 Å². The van der Waals surface area contributed by atoms with Crippen LogP contribution in [0.1, 0.15) is 11.1 Å². The van der Waals surface area contributed by atoms with Crippen molar-refractivity contribution >= 4 is 0 Å². The molecule has 2 heterocycles. The summed E-state index contributed by atoms with van der Waals surface area (Å²) >= 11 is 0. The van der Waals surface area contributed by atoms with Gasteiger partial charge >= 0.3 is 0 Å². The number of hydrogen-bond acceptors (Lipinski definition) is 4. The van der Waals surface area contributed by atoms with Crippen molar-refractivity contribution in [1.29, 1.82) is 0 Å². The zero-order valence-corrected chi connectivity index (χ0v) is 11.6. The Hall–Kier alpha value is -1.26. The molecule has 104 valence electrons. The van der Waals surface area contributed by atoms with Gasteiger partial charge in [-0.25, -0.2) is 0 Å². The minimum atomic E-state index is 0.660. The molecule has 0 bridgehead atoms. The van der Waals surface area contributed by atoms with Gasteiger partial charge in [-0.3, -0.25) is 0 Å². The van der Waals surface area contributed by atoms with Gasteiger partial charge in [-0.05, 0) is 30.5 Å². The average molecular weight is 262 g/mol. The third kappa shape index (κ3) is 3.01. The predicted octanol–water partition coefficient (Wildman–Crippen LogP) is 1.21. The molecule has 1 saturated heterocycles. The molecular weight excluding hydrogens is 240 g/mol. The first-order valence-corrected chi connectivity index (χ1v) is 7.15. The molecule has 2 aliphatic heterocycles. The van der Waals surface area contributed by atoms with E-state index < -0.39 is 0 Å². The highest BCUT2D eigenvalue weighted by atomic mass is 16.6. The maximum absolute atomic E-state index is 5.79. The zero-order valence-electron chi connectivity index (χ0n) is 11.6. The van der Waals surface area contributed by atoms with Crippen molar-refractivity contribution in [1.82, 2.24) is 10.2 Å². The number of hydrogen-bond donors (Lipinski definition) is 1. The smallest absolute Gasteiger partial charge is 0.164 e. The predicted molar refractivity (Wildman–Crippen MR) is 75.2 cm³/mol. The van der Waals surface area contributed by atoms with Gasteiger partial charge in [0.1, 0.15) is 13.2 Å². The van der Waals surface area contributed by atoms with Crippen molar-refractivity contribution in [2.24, 2.45) is 0 Å². The lowest BCUT2D eigenvalue weighted by atomic mass is 10.1. The van der Waals surface area contributed by atoms with Crippen molar-refractivity contribution in [2.75, 3.05) is 45.9 Å². The molecule has 3 rings (SSSR count). The van der Waals surface area contributed by atoms with Crippen molar-refractivity contribution in [3.8, 4) is 11.5 Å². The lowest BCUT2D eigenvalue weighted by Crippen LogP contribution is -2.44. The molecule has 0 spiro atoms. The highest BCUT2D eigenvalue weighted by molar-refractivity contribution is 5.50. The number of benzene rings is 1. The Morgan fingerprint density at radius 2 is 1.95 bits per heavy atom. The van der Waals surface area contributed by atoms with E-state index in [0.717, 1.165) is 50.6 Å². The molecule has 1 N–H and O–H groups in total. The van der Waals surface area contributed by atoms with Gasteiger partial charge in [0.05, 0.1) is 0 Å². The van der Waals surface area contributed by atoms with Crippen molar-refractivity contribution < 1.29 is 9.47 Å². The van der Waals surface area contributed by atoms with Gasteiger partial charge in [0.2, 0.25) is 0 Å². The van der Waals surface area contributed by atoms with E-state index >= 15 is 0 Å². The van der Waals surface area contributed by atoms with Crippen LogP contribution in [0.3, 0.4) is 0 Å². The van der Waals surface area contributed by atoms with E-state index in [4.69, 9.17) is 9.47 Å². The lowest BCUT2D eigenvalue weighted by Gasteiger charge is -2.28. The molecule has 4 heteroatoms. The van der Waals surface area contributed by atoms with E-state index in [0.29, 0.717) is 13.2 Å². The Kier molecular flexibility index (Phi) is 3.89. The molecule has 0 atom stereocenters. The van der Waals surface area contributed by atoms with Crippen LogP contribution >= 0.6 is 0 Å². The first-order chi connectivity index (χ1) is 9.33. The summed E-state index contributed by atoms with van der Waals surface area (Å²) in [5.74, 6) is 1.88. The summed E-state index contributed by atoms with van der Waals surface area (Å²) in [5.41, 5.74) is 2.53. The van der Waals surface area contributed by atoms with E-state index in [2.05, 4.69) is 29.3 Å². The molecule has 0 unspecified atom stereocenters. The van der Waals surface area contributed by atoms with Crippen molar-refractivity contribution in [3.63, 3.8) is 0 Å². The van der Waals surface area contributed by atoms with Crippen LogP contribution in [-0.4, -0.2) is 50.8 Å². The Morgan fingerprint density at radius 1 is 1.16 bits per heavy atom. The van der Waals surface area contributed by atoms with Crippen LogP contribution in [0.15, 0.2) is 12.1 Å². The fourth-order valence-electron chi connectivity index (χ4n) is 2.78. The normalized spacial score (nSPS) is 19.4. The second-order valence-electron chi connectivity index (χ2n) is 5.29. The summed E-state index contributed by atoms with van der Waals surface area (Å²) < 4.78 is 11.5. The van der Waals surface area contributed by atoms with E-state index in [9.17, 15) is 0 Å². The molecule has 1 fully saturated rings. The molecule has 0 amide bonds. The van der Waals surface area contributed by atoms with E-state index in [-0.39, 0.29) is 0 Å². The minimum Gasteiger partial charge on any atom is -0.486 e. The molecule has 0 aliphatic carbocycles. The van der Waals surface area contributed by atoms with Gasteiger partial charge in [-0.2, -0.15) is 0 Å². The first kappa shape index (κ1) is 12.8. The van der Waals surface area contributed by atoms with Gasteiger partial charge < -0.3 is 19.7 Å². The average Bonchev–Trinajstić information content (AvgIpc) is 2.45. The summed E-state index contributed by atoms with van der Waals surface area (Å²) in [6, 6.07) is 4.30. The Bertz CT molecular complexity index is 442. The van der Waals surface area contributed by atoms with Crippen LogP contribution in [0.4, 0.5) is 0 Å². The maximum atomic E-state index is 5.79. The molecule has 4 nitrogen and oxygen atoms in total. The van der Waals surface area contributed by atoms with Crippen LogP contribution in [-0.2, 0) is 6.42 Å². The highest BCUT2D eigenvalue weighted by Crippen LogP contribution is 2.35. The Labute approximate surface area is 114 Å². The number of nitrogens with one attached hydrogen (secondary N) is 1. The number of aryl methyl sites for hydroxylation is 1. The summed E-state index contributed by atoms with van der Waals surface area (Å²) in [6.45, 7) is 9.03. The minimum absolute atomic E-state index is 0.660.